The van der Waals surface area contributed by atoms with Crippen molar-refractivity contribution in [2.75, 3.05) is 19.6 Å². The quantitative estimate of drug-likeness (QED) is 0.830. The Morgan fingerprint density at radius 1 is 1.42 bits per heavy atom. The number of hydrogen-bond acceptors (Lipinski definition) is 3. The number of fused-ring (bicyclic) bond motifs is 1. The Hall–Kier alpha value is -1.39. The molecule has 0 aromatic heterocycles. The van der Waals surface area contributed by atoms with Crippen LogP contribution in [-0.4, -0.2) is 41.7 Å². The summed E-state index contributed by atoms with van der Waals surface area (Å²) < 4.78 is 0. The Bertz CT molecular complexity index is 434. The molecule has 1 aromatic carbocycles. The van der Waals surface area contributed by atoms with E-state index in [0.29, 0.717) is 19.5 Å². The van der Waals surface area contributed by atoms with Crippen LogP contribution in [0.15, 0.2) is 24.3 Å². The van der Waals surface area contributed by atoms with Crippen LogP contribution in [0.5, 0.6) is 0 Å². The maximum atomic E-state index is 11.1. The molecular formula is C15H22N2O2. The third kappa shape index (κ3) is 4.04. The first-order valence-electron chi connectivity index (χ1n) is 6.93. The second kappa shape index (κ2) is 6.68. The average Bonchev–Trinajstić information content (AvgIpc) is 2.44. The molecule has 1 unspecified atom stereocenters. The molecule has 104 valence electrons. The number of benzene rings is 1. The van der Waals surface area contributed by atoms with Crippen molar-refractivity contribution in [3.8, 4) is 0 Å². The second-order valence-electron chi connectivity index (χ2n) is 5.07. The third-order valence-corrected chi connectivity index (χ3v) is 3.53. The highest BCUT2D eigenvalue weighted by molar-refractivity contribution is 5.75. The van der Waals surface area contributed by atoms with E-state index >= 15 is 0 Å². The maximum Gasteiger partial charge on any atom is 0.219 e. The summed E-state index contributed by atoms with van der Waals surface area (Å²) in [5, 5.41) is 12.7. The first kappa shape index (κ1) is 14.0. The van der Waals surface area contributed by atoms with E-state index in [9.17, 15) is 9.90 Å². The zero-order valence-corrected chi connectivity index (χ0v) is 11.4. The lowest BCUT2D eigenvalue weighted by Gasteiger charge is -2.30. The van der Waals surface area contributed by atoms with Gasteiger partial charge in [0, 0.05) is 32.6 Å². The highest BCUT2D eigenvalue weighted by Crippen LogP contribution is 2.18. The molecule has 19 heavy (non-hydrogen) atoms. The first-order chi connectivity index (χ1) is 9.19. The summed E-state index contributed by atoms with van der Waals surface area (Å²) in [6.07, 6.45) is 0.995. The SMILES string of the molecule is CCC(=O)NCC(O)CN1CCc2ccccc2C1. The van der Waals surface area contributed by atoms with Crippen molar-refractivity contribution in [3.05, 3.63) is 35.4 Å². The van der Waals surface area contributed by atoms with Crippen LogP contribution in [0.1, 0.15) is 24.5 Å². The normalized spacial score (nSPS) is 16.7. The Kier molecular flexibility index (Phi) is 4.93. The summed E-state index contributed by atoms with van der Waals surface area (Å²) in [5.74, 6) is -0.0111. The summed E-state index contributed by atoms with van der Waals surface area (Å²) in [6.45, 7) is 4.61. The van der Waals surface area contributed by atoms with Crippen LogP contribution in [0, 0.1) is 0 Å². The molecule has 0 saturated heterocycles. The molecule has 1 heterocycles. The van der Waals surface area contributed by atoms with Crippen LogP contribution in [0.3, 0.4) is 0 Å². The van der Waals surface area contributed by atoms with Gasteiger partial charge >= 0.3 is 0 Å². The second-order valence-corrected chi connectivity index (χ2v) is 5.07. The number of carbonyl (C=O) groups excluding carboxylic acids is 1. The number of aliphatic hydroxyl groups is 1. The number of hydrogen-bond donors (Lipinski definition) is 2. The smallest absolute Gasteiger partial charge is 0.219 e. The number of aliphatic hydroxyl groups excluding tert-OH is 1. The van der Waals surface area contributed by atoms with Gasteiger partial charge in [0.1, 0.15) is 0 Å². The Labute approximate surface area is 114 Å². The summed E-state index contributed by atoms with van der Waals surface area (Å²) in [4.78, 5) is 13.4. The van der Waals surface area contributed by atoms with Gasteiger partial charge < -0.3 is 10.4 Å². The zero-order valence-electron chi connectivity index (χ0n) is 11.4. The number of carbonyl (C=O) groups is 1. The van der Waals surface area contributed by atoms with Crippen molar-refractivity contribution in [2.45, 2.75) is 32.4 Å². The lowest BCUT2D eigenvalue weighted by Crippen LogP contribution is -2.41. The van der Waals surface area contributed by atoms with E-state index in [1.165, 1.54) is 11.1 Å². The third-order valence-electron chi connectivity index (χ3n) is 3.53. The molecule has 0 saturated carbocycles. The summed E-state index contributed by atoms with van der Waals surface area (Å²) in [7, 11) is 0. The standard InChI is InChI=1S/C15H22N2O2/c1-2-15(19)16-9-14(18)11-17-8-7-12-5-3-4-6-13(12)10-17/h3-6,14,18H,2,7-11H2,1H3,(H,16,19). The van der Waals surface area contributed by atoms with Gasteiger partial charge in [0.25, 0.3) is 0 Å². The van der Waals surface area contributed by atoms with E-state index in [1.807, 2.05) is 6.92 Å². The lowest BCUT2D eigenvalue weighted by molar-refractivity contribution is -0.121. The van der Waals surface area contributed by atoms with E-state index in [2.05, 4.69) is 34.5 Å². The van der Waals surface area contributed by atoms with E-state index in [0.717, 1.165) is 19.5 Å². The molecule has 0 spiro atoms. The van der Waals surface area contributed by atoms with Gasteiger partial charge in [-0.05, 0) is 17.5 Å². The molecule has 1 atom stereocenters. The molecule has 0 aliphatic carbocycles. The lowest BCUT2D eigenvalue weighted by atomic mass is 10.00. The molecule has 1 aliphatic rings. The Morgan fingerprint density at radius 2 is 2.16 bits per heavy atom. The van der Waals surface area contributed by atoms with Crippen LogP contribution in [0.2, 0.25) is 0 Å². The fourth-order valence-corrected chi connectivity index (χ4v) is 2.43. The molecule has 2 rings (SSSR count). The number of nitrogens with zero attached hydrogens (tertiary/aromatic N) is 1. The van der Waals surface area contributed by atoms with Gasteiger partial charge in [0.2, 0.25) is 5.91 Å². The van der Waals surface area contributed by atoms with Crippen LogP contribution in [0.4, 0.5) is 0 Å². The van der Waals surface area contributed by atoms with Crippen molar-refractivity contribution in [1.82, 2.24) is 10.2 Å². The minimum Gasteiger partial charge on any atom is -0.390 e. The molecule has 1 aromatic rings. The molecule has 2 N–H and O–H groups in total. The fourth-order valence-electron chi connectivity index (χ4n) is 2.43. The van der Waals surface area contributed by atoms with Gasteiger partial charge in [0.05, 0.1) is 6.10 Å². The minimum atomic E-state index is -0.499. The van der Waals surface area contributed by atoms with Crippen LogP contribution in [0.25, 0.3) is 0 Å². The molecule has 1 amide bonds. The maximum absolute atomic E-state index is 11.1. The molecule has 4 heteroatoms. The highest BCUT2D eigenvalue weighted by Gasteiger charge is 2.18. The summed E-state index contributed by atoms with van der Waals surface area (Å²) >= 11 is 0. The van der Waals surface area contributed by atoms with Gasteiger partial charge in [-0.3, -0.25) is 9.69 Å². The number of nitrogens with one attached hydrogen (secondary N) is 1. The zero-order chi connectivity index (χ0) is 13.7. The van der Waals surface area contributed by atoms with Gasteiger partial charge in [-0.25, -0.2) is 0 Å². The summed E-state index contributed by atoms with van der Waals surface area (Å²) in [5.41, 5.74) is 2.76. The number of amides is 1. The summed E-state index contributed by atoms with van der Waals surface area (Å²) in [6, 6.07) is 8.45. The molecule has 0 fully saturated rings. The Balaban J connectivity index is 1.80. The number of β-amino-alcohol motifs (C(OH)–C–C–N with tert-alkyl or cyclic N) is 1. The van der Waals surface area contributed by atoms with Crippen LogP contribution >= 0.6 is 0 Å². The van der Waals surface area contributed by atoms with Crippen molar-refractivity contribution < 1.29 is 9.90 Å². The van der Waals surface area contributed by atoms with Gasteiger partial charge in [-0.2, -0.15) is 0 Å². The van der Waals surface area contributed by atoms with Crippen molar-refractivity contribution in [3.63, 3.8) is 0 Å². The molecule has 0 bridgehead atoms. The Morgan fingerprint density at radius 3 is 2.89 bits per heavy atom. The predicted octanol–water partition coefficient (Wildman–Crippen LogP) is 0.932. The van der Waals surface area contributed by atoms with E-state index in [1.54, 1.807) is 0 Å². The average molecular weight is 262 g/mol. The van der Waals surface area contributed by atoms with Crippen molar-refractivity contribution >= 4 is 5.91 Å². The number of rotatable bonds is 5. The van der Waals surface area contributed by atoms with E-state index < -0.39 is 6.10 Å². The predicted molar refractivity (Wildman–Crippen MR) is 74.7 cm³/mol. The monoisotopic (exact) mass is 262 g/mol. The van der Waals surface area contributed by atoms with Crippen molar-refractivity contribution in [2.24, 2.45) is 0 Å². The fraction of sp³-hybridized carbons (Fsp3) is 0.533. The van der Waals surface area contributed by atoms with Gasteiger partial charge in [-0.15, -0.1) is 0 Å². The van der Waals surface area contributed by atoms with Crippen molar-refractivity contribution in [1.29, 1.82) is 0 Å². The van der Waals surface area contributed by atoms with E-state index in [4.69, 9.17) is 0 Å². The molecule has 0 radical (unpaired) electrons. The first-order valence-corrected chi connectivity index (χ1v) is 6.93. The molecular weight excluding hydrogens is 240 g/mol. The highest BCUT2D eigenvalue weighted by atomic mass is 16.3. The van der Waals surface area contributed by atoms with Crippen LogP contribution in [-0.2, 0) is 17.8 Å². The molecule has 1 aliphatic heterocycles. The van der Waals surface area contributed by atoms with Gasteiger partial charge in [-0.1, -0.05) is 31.2 Å². The van der Waals surface area contributed by atoms with E-state index in [-0.39, 0.29) is 5.91 Å². The topological polar surface area (TPSA) is 52.6 Å². The minimum absolute atomic E-state index is 0.0111. The van der Waals surface area contributed by atoms with Gasteiger partial charge in [0.15, 0.2) is 0 Å². The largest absolute Gasteiger partial charge is 0.390 e. The molecule has 4 nitrogen and oxygen atoms in total. The van der Waals surface area contributed by atoms with Crippen LogP contribution < -0.4 is 5.32 Å².